The maximum Gasteiger partial charge on any atom is 0.418 e. The number of alkyl halides is 4. The smallest absolute Gasteiger partial charge is 0.418 e. The van der Waals surface area contributed by atoms with E-state index in [4.69, 9.17) is 26.8 Å². The molecule has 0 amide bonds. The van der Waals surface area contributed by atoms with E-state index in [9.17, 15) is 22.7 Å². The monoisotopic (exact) mass is 654 g/mol. The van der Waals surface area contributed by atoms with Crippen molar-refractivity contribution in [3.05, 3.63) is 28.0 Å². The summed E-state index contributed by atoms with van der Waals surface area (Å²) in [5.41, 5.74) is 1.38. The molecule has 45 heavy (non-hydrogen) atoms. The van der Waals surface area contributed by atoms with E-state index in [1.54, 1.807) is 7.05 Å². The SMILES string of the molecule is Cc1cc(N)nc(-c2c(Cl)c3c4c(nc(OC[C@@]56CCCN5C[C@H](F)C6)nc4c2F)N(C)C2(CO3)CC(CO)C2)c1C(F)(F)F. The van der Waals surface area contributed by atoms with Crippen molar-refractivity contribution in [2.24, 2.45) is 5.92 Å². The normalized spacial score (nSPS) is 27.9. The fourth-order valence-electron chi connectivity index (χ4n) is 7.83. The second-order valence-corrected chi connectivity index (χ2v) is 13.2. The molecule has 3 fully saturated rings. The Balaban J connectivity index is 1.43. The Morgan fingerprint density at radius 1 is 1.22 bits per heavy atom. The number of nitrogen functional groups attached to an aromatic ring is 1. The molecule has 0 unspecified atom stereocenters. The number of nitrogens with two attached hydrogens (primary N) is 1. The zero-order valence-corrected chi connectivity index (χ0v) is 25.4. The fraction of sp³-hybridized carbons (Fsp3) is 0.567. The zero-order chi connectivity index (χ0) is 32.1. The molecule has 1 aromatic carbocycles. The van der Waals surface area contributed by atoms with Crippen LogP contribution in [0.3, 0.4) is 0 Å². The first-order chi connectivity index (χ1) is 21.3. The minimum atomic E-state index is -4.91. The lowest BCUT2D eigenvalue weighted by Crippen LogP contribution is -2.60. The Labute approximate surface area is 260 Å². The van der Waals surface area contributed by atoms with Crippen molar-refractivity contribution < 1.29 is 36.5 Å². The number of aliphatic hydroxyl groups is 1. The largest absolute Gasteiger partial charge is 0.489 e. The van der Waals surface area contributed by atoms with Gasteiger partial charge in [-0.2, -0.15) is 23.1 Å². The molecule has 0 radical (unpaired) electrons. The van der Waals surface area contributed by atoms with Crippen LogP contribution in [0.4, 0.5) is 33.6 Å². The summed E-state index contributed by atoms with van der Waals surface area (Å²) in [4.78, 5) is 16.8. The van der Waals surface area contributed by atoms with Crippen LogP contribution in [0.25, 0.3) is 22.2 Å². The molecule has 3 aromatic rings. The Bertz CT molecular complexity index is 1700. The molecule has 242 valence electrons. The second-order valence-electron chi connectivity index (χ2n) is 12.9. The standard InChI is InChI=1S/C30H32ClF5N6O3/c1-14-6-17(37)38-23(20(14)30(34,35)36)18-21(31)25-19-24(22(18)33)39-27(45-12-28-4-3-5-42(28)10-16(32)9-28)40-26(19)41(2)29(13-44-25)7-15(8-29)11-43/h6,15-16,43H,3-5,7-13H2,1-2H3,(H2,37,38)/t15?,16-,28+,29?/m1/s1. The first-order valence-electron chi connectivity index (χ1n) is 14.8. The molecule has 1 spiro atoms. The number of rotatable bonds is 5. The summed E-state index contributed by atoms with van der Waals surface area (Å²) in [6.45, 7) is 2.30. The van der Waals surface area contributed by atoms with Gasteiger partial charge in [-0.3, -0.25) is 4.90 Å². The van der Waals surface area contributed by atoms with Gasteiger partial charge in [0.2, 0.25) is 0 Å². The van der Waals surface area contributed by atoms with Crippen molar-refractivity contribution in [1.82, 2.24) is 19.9 Å². The van der Waals surface area contributed by atoms with E-state index in [0.29, 0.717) is 25.8 Å². The number of hydrogen-bond donors (Lipinski definition) is 2. The van der Waals surface area contributed by atoms with Crippen molar-refractivity contribution >= 4 is 34.1 Å². The third-order valence-corrected chi connectivity index (χ3v) is 10.4. The lowest BCUT2D eigenvalue weighted by Gasteiger charge is -2.51. The number of aliphatic hydroxyl groups excluding tert-OH is 1. The average Bonchev–Trinajstić information content (AvgIpc) is 3.42. The Morgan fingerprint density at radius 3 is 2.69 bits per heavy atom. The van der Waals surface area contributed by atoms with Gasteiger partial charge in [0.05, 0.1) is 38.3 Å². The van der Waals surface area contributed by atoms with Crippen LogP contribution in [0, 0.1) is 18.7 Å². The molecule has 1 saturated carbocycles. The van der Waals surface area contributed by atoms with Gasteiger partial charge in [0, 0.05) is 26.6 Å². The van der Waals surface area contributed by atoms with Gasteiger partial charge in [0.1, 0.15) is 36.5 Å². The molecule has 15 heteroatoms. The number of fused-ring (bicyclic) bond motifs is 1. The van der Waals surface area contributed by atoms with Gasteiger partial charge in [-0.05, 0) is 56.7 Å². The Hall–Kier alpha value is -3.23. The molecule has 4 aliphatic rings. The third-order valence-electron chi connectivity index (χ3n) is 10.0. The van der Waals surface area contributed by atoms with Crippen LogP contribution in [0.5, 0.6) is 11.8 Å². The molecule has 9 nitrogen and oxygen atoms in total. The van der Waals surface area contributed by atoms with E-state index in [-0.39, 0.29) is 72.0 Å². The molecule has 5 heterocycles. The topological polar surface area (TPSA) is 110 Å². The van der Waals surface area contributed by atoms with Gasteiger partial charge in [0.25, 0.3) is 0 Å². The molecule has 1 aliphatic carbocycles. The molecule has 0 bridgehead atoms. The van der Waals surface area contributed by atoms with Gasteiger partial charge in [-0.1, -0.05) is 11.6 Å². The van der Waals surface area contributed by atoms with Gasteiger partial charge < -0.3 is 25.2 Å². The Morgan fingerprint density at radius 2 is 1.98 bits per heavy atom. The summed E-state index contributed by atoms with van der Waals surface area (Å²) >= 11 is 6.75. The minimum absolute atomic E-state index is 0.00893. The van der Waals surface area contributed by atoms with Crippen LogP contribution in [0.2, 0.25) is 5.02 Å². The van der Waals surface area contributed by atoms with E-state index in [1.807, 2.05) is 4.90 Å². The maximum atomic E-state index is 16.8. The average molecular weight is 655 g/mol. The molecular formula is C30H32ClF5N6O3. The molecular weight excluding hydrogens is 623 g/mol. The number of aryl methyl sites for hydroxylation is 1. The van der Waals surface area contributed by atoms with E-state index < -0.39 is 51.1 Å². The summed E-state index contributed by atoms with van der Waals surface area (Å²) in [5, 5.41) is 9.40. The predicted octanol–water partition coefficient (Wildman–Crippen LogP) is 5.32. The number of nitrogens with zero attached hydrogens (tertiary/aromatic N) is 5. The van der Waals surface area contributed by atoms with Crippen LogP contribution in [-0.4, -0.2) is 82.2 Å². The minimum Gasteiger partial charge on any atom is -0.489 e. The van der Waals surface area contributed by atoms with Crippen molar-refractivity contribution in [3.8, 4) is 23.0 Å². The Kier molecular flexibility index (Phi) is 7.03. The molecule has 3 aliphatic heterocycles. The van der Waals surface area contributed by atoms with Gasteiger partial charge >= 0.3 is 12.2 Å². The number of ether oxygens (including phenoxy) is 2. The predicted molar refractivity (Wildman–Crippen MR) is 157 cm³/mol. The van der Waals surface area contributed by atoms with E-state index >= 15 is 4.39 Å². The number of pyridine rings is 1. The summed E-state index contributed by atoms with van der Waals surface area (Å²) < 4.78 is 86.6. The number of likely N-dealkylation sites (N-methyl/N-ethyl adjacent to an activating group) is 1. The van der Waals surface area contributed by atoms with Crippen LogP contribution < -0.4 is 20.1 Å². The number of hydrogen-bond acceptors (Lipinski definition) is 9. The first-order valence-corrected chi connectivity index (χ1v) is 15.2. The van der Waals surface area contributed by atoms with Crippen molar-refractivity contribution in [3.63, 3.8) is 0 Å². The fourth-order valence-corrected chi connectivity index (χ4v) is 8.16. The summed E-state index contributed by atoms with van der Waals surface area (Å²) in [6, 6.07) is 0.842. The number of aromatic nitrogens is 3. The first kappa shape index (κ1) is 30.4. The number of benzene rings is 1. The highest BCUT2D eigenvalue weighted by Gasteiger charge is 2.52. The maximum absolute atomic E-state index is 16.8. The molecule has 3 N–H and O–H groups in total. The van der Waals surface area contributed by atoms with Crippen molar-refractivity contribution in [2.45, 2.75) is 62.5 Å². The van der Waals surface area contributed by atoms with Crippen molar-refractivity contribution in [2.75, 3.05) is 50.6 Å². The van der Waals surface area contributed by atoms with Crippen LogP contribution in [0.15, 0.2) is 6.07 Å². The summed E-state index contributed by atoms with van der Waals surface area (Å²) in [7, 11) is 1.75. The molecule has 2 aromatic heterocycles. The third kappa shape index (κ3) is 4.65. The van der Waals surface area contributed by atoms with Crippen LogP contribution in [0.1, 0.15) is 43.2 Å². The van der Waals surface area contributed by atoms with Gasteiger partial charge in [-0.15, -0.1) is 0 Å². The molecule has 7 rings (SSSR count). The van der Waals surface area contributed by atoms with E-state index in [2.05, 4.69) is 19.9 Å². The zero-order valence-electron chi connectivity index (χ0n) is 24.6. The summed E-state index contributed by atoms with van der Waals surface area (Å²) in [6.07, 6.45) is -3.00. The highest BCUT2D eigenvalue weighted by Crippen LogP contribution is 2.54. The second kappa shape index (κ2) is 10.4. The molecule has 2 saturated heterocycles. The number of halogens is 6. The summed E-state index contributed by atoms with van der Waals surface area (Å²) in [5.74, 6) is -1.31. The van der Waals surface area contributed by atoms with E-state index in [0.717, 1.165) is 19.0 Å². The molecule has 2 atom stereocenters. The van der Waals surface area contributed by atoms with Gasteiger partial charge in [0.15, 0.2) is 11.6 Å². The van der Waals surface area contributed by atoms with Crippen LogP contribution >= 0.6 is 11.6 Å². The van der Waals surface area contributed by atoms with Crippen LogP contribution in [-0.2, 0) is 6.18 Å². The highest BCUT2D eigenvalue weighted by molar-refractivity contribution is 6.36. The highest BCUT2D eigenvalue weighted by atomic mass is 35.5. The lowest BCUT2D eigenvalue weighted by molar-refractivity contribution is -0.137. The quantitative estimate of drug-likeness (QED) is 0.354. The van der Waals surface area contributed by atoms with Crippen molar-refractivity contribution in [1.29, 1.82) is 0 Å². The lowest BCUT2D eigenvalue weighted by atomic mass is 9.68. The van der Waals surface area contributed by atoms with E-state index in [1.165, 1.54) is 6.92 Å². The van der Waals surface area contributed by atoms with Gasteiger partial charge in [-0.25, -0.2) is 13.8 Å². The number of anilines is 2.